The molecule has 0 atom stereocenters. The summed E-state index contributed by atoms with van der Waals surface area (Å²) in [5.41, 5.74) is 7.21. The number of benzene rings is 1. The highest BCUT2D eigenvalue weighted by molar-refractivity contribution is 7.98. The van der Waals surface area contributed by atoms with Gasteiger partial charge in [0.2, 0.25) is 0 Å². The number of nitrogens with one attached hydrogen (secondary N) is 1. The SMILES string of the molecule is CSc1ccc(NC(=O)CO/N=C(/N)c2ccsc2)cc1. The molecule has 1 heterocycles. The molecule has 0 bridgehead atoms. The van der Waals surface area contributed by atoms with Crippen LogP contribution in [0.2, 0.25) is 0 Å². The quantitative estimate of drug-likeness (QED) is 0.371. The normalized spacial score (nSPS) is 11.2. The molecule has 0 unspecified atom stereocenters. The van der Waals surface area contributed by atoms with Crippen molar-refractivity contribution in [3.63, 3.8) is 0 Å². The highest BCUT2D eigenvalue weighted by Gasteiger charge is 2.04. The standard InChI is InChI=1S/C14H15N3O2S2/c1-20-12-4-2-11(3-5-12)16-13(18)8-19-17-14(15)10-6-7-21-9-10/h2-7,9H,8H2,1H3,(H2,15,17)(H,16,18). The Labute approximate surface area is 131 Å². The monoisotopic (exact) mass is 321 g/mol. The lowest BCUT2D eigenvalue weighted by Crippen LogP contribution is -2.19. The predicted molar refractivity (Wildman–Crippen MR) is 87.8 cm³/mol. The minimum atomic E-state index is -0.284. The van der Waals surface area contributed by atoms with E-state index in [1.165, 1.54) is 11.3 Å². The van der Waals surface area contributed by atoms with Gasteiger partial charge >= 0.3 is 0 Å². The molecular weight excluding hydrogens is 306 g/mol. The Kier molecular flexibility index (Phi) is 5.65. The Balaban J connectivity index is 1.80. The van der Waals surface area contributed by atoms with Gasteiger partial charge in [-0.15, -0.1) is 11.8 Å². The number of carbonyl (C=O) groups excluding carboxylic acids is 1. The molecule has 0 saturated heterocycles. The van der Waals surface area contributed by atoms with Crippen molar-refractivity contribution in [1.82, 2.24) is 0 Å². The first kappa shape index (κ1) is 15.4. The van der Waals surface area contributed by atoms with Crippen molar-refractivity contribution >= 4 is 40.5 Å². The van der Waals surface area contributed by atoms with Crippen molar-refractivity contribution in [1.29, 1.82) is 0 Å². The van der Waals surface area contributed by atoms with Crippen molar-refractivity contribution < 1.29 is 9.63 Å². The molecule has 0 radical (unpaired) electrons. The number of rotatable bonds is 6. The summed E-state index contributed by atoms with van der Waals surface area (Å²) in [6, 6.07) is 9.39. The second-order valence-corrected chi connectivity index (χ2v) is 5.70. The maximum Gasteiger partial charge on any atom is 0.265 e. The number of thiophene rings is 1. The van der Waals surface area contributed by atoms with E-state index in [2.05, 4.69) is 10.5 Å². The topological polar surface area (TPSA) is 76.7 Å². The molecular formula is C14H15N3O2S2. The van der Waals surface area contributed by atoms with Crippen LogP contribution in [-0.2, 0) is 9.63 Å². The van der Waals surface area contributed by atoms with Gasteiger partial charge in [0.05, 0.1) is 0 Å². The van der Waals surface area contributed by atoms with Gasteiger partial charge in [-0.2, -0.15) is 11.3 Å². The molecule has 2 aromatic rings. The zero-order valence-corrected chi connectivity index (χ0v) is 13.0. The van der Waals surface area contributed by atoms with Gasteiger partial charge < -0.3 is 15.9 Å². The van der Waals surface area contributed by atoms with E-state index in [0.717, 1.165) is 16.1 Å². The predicted octanol–water partition coefficient (Wildman–Crippen LogP) is 2.75. The second-order valence-electron chi connectivity index (χ2n) is 4.04. The first-order valence-electron chi connectivity index (χ1n) is 6.11. The summed E-state index contributed by atoms with van der Waals surface area (Å²) in [6.07, 6.45) is 2.00. The van der Waals surface area contributed by atoms with Gasteiger partial charge in [-0.25, -0.2) is 0 Å². The van der Waals surface area contributed by atoms with Crippen LogP contribution in [-0.4, -0.2) is 24.6 Å². The van der Waals surface area contributed by atoms with Crippen LogP contribution >= 0.6 is 23.1 Å². The van der Waals surface area contributed by atoms with E-state index in [0.29, 0.717) is 0 Å². The number of anilines is 1. The first-order valence-corrected chi connectivity index (χ1v) is 8.27. The molecule has 2 rings (SSSR count). The summed E-state index contributed by atoms with van der Waals surface area (Å²) in [5.74, 6) is -0.0258. The number of amides is 1. The fourth-order valence-corrected chi connectivity index (χ4v) is 2.55. The molecule has 3 N–H and O–H groups in total. The summed E-state index contributed by atoms with van der Waals surface area (Å²) in [5, 5.41) is 10.2. The number of carbonyl (C=O) groups is 1. The van der Waals surface area contributed by atoms with Crippen molar-refractivity contribution in [3.05, 3.63) is 46.7 Å². The van der Waals surface area contributed by atoms with Gasteiger partial charge in [-0.3, -0.25) is 4.79 Å². The number of oxime groups is 1. The Bertz CT molecular complexity index is 610. The summed E-state index contributed by atoms with van der Waals surface area (Å²) >= 11 is 3.16. The molecule has 1 aromatic carbocycles. The molecule has 0 aliphatic rings. The van der Waals surface area contributed by atoms with E-state index in [-0.39, 0.29) is 18.3 Å². The lowest BCUT2D eigenvalue weighted by atomic mass is 10.3. The Morgan fingerprint density at radius 3 is 2.76 bits per heavy atom. The van der Waals surface area contributed by atoms with Crippen molar-refractivity contribution in [3.8, 4) is 0 Å². The average molecular weight is 321 g/mol. The van der Waals surface area contributed by atoms with Crippen LogP contribution in [0.25, 0.3) is 0 Å². The van der Waals surface area contributed by atoms with Crippen LogP contribution in [0.5, 0.6) is 0 Å². The van der Waals surface area contributed by atoms with E-state index in [4.69, 9.17) is 10.6 Å². The number of thioether (sulfide) groups is 1. The highest BCUT2D eigenvalue weighted by Crippen LogP contribution is 2.17. The zero-order chi connectivity index (χ0) is 15.1. The molecule has 7 heteroatoms. The number of amidine groups is 1. The van der Waals surface area contributed by atoms with E-state index in [1.807, 2.05) is 47.3 Å². The van der Waals surface area contributed by atoms with E-state index >= 15 is 0 Å². The average Bonchev–Trinajstić information content (AvgIpc) is 3.02. The molecule has 1 aromatic heterocycles. The number of hydrogen-bond donors (Lipinski definition) is 2. The third-order valence-electron chi connectivity index (χ3n) is 2.55. The van der Waals surface area contributed by atoms with Gasteiger partial charge in [0.15, 0.2) is 12.4 Å². The fourth-order valence-electron chi connectivity index (χ4n) is 1.49. The van der Waals surface area contributed by atoms with E-state index < -0.39 is 0 Å². The van der Waals surface area contributed by atoms with Crippen LogP contribution in [0.3, 0.4) is 0 Å². The third-order valence-corrected chi connectivity index (χ3v) is 3.98. The minimum Gasteiger partial charge on any atom is -0.384 e. The maximum absolute atomic E-state index is 11.7. The van der Waals surface area contributed by atoms with Crippen LogP contribution in [0.4, 0.5) is 5.69 Å². The van der Waals surface area contributed by atoms with Gasteiger partial charge in [-0.05, 0) is 42.0 Å². The first-order chi connectivity index (χ1) is 10.2. The smallest absolute Gasteiger partial charge is 0.265 e. The molecule has 0 spiro atoms. The lowest BCUT2D eigenvalue weighted by Gasteiger charge is -2.05. The Hall–Kier alpha value is -1.99. The molecule has 0 aliphatic heterocycles. The fraction of sp³-hybridized carbons (Fsp3) is 0.143. The molecule has 5 nitrogen and oxygen atoms in total. The molecule has 110 valence electrons. The molecule has 21 heavy (non-hydrogen) atoms. The number of nitrogens with zero attached hydrogens (tertiary/aromatic N) is 1. The van der Waals surface area contributed by atoms with Crippen molar-refractivity contribution in [2.45, 2.75) is 4.90 Å². The summed E-state index contributed by atoms with van der Waals surface area (Å²) in [7, 11) is 0. The Morgan fingerprint density at radius 1 is 1.38 bits per heavy atom. The molecule has 0 aliphatic carbocycles. The zero-order valence-electron chi connectivity index (χ0n) is 11.4. The van der Waals surface area contributed by atoms with Crippen LogP contribution in [0, 0.1) is 0 Å². The minimum absolute atomic E-state index is 0.185. The summed E-state index contributed by atoms with van der Waals surface area (Å²) in [6.45, 7) is -0.185. The summed E-state index contributed by atoms with van der Waals surface area (Å²) in [4.78, 5) is 17.8. The third kappa shape index (κ3) is 4.80. The number of hydrogen-bond acceptors (Lipinski definition) is 5. The van der Waals surface area contributed by atoms with Crippen molar-refractivity contribution in [2.24, 2.45) is 10.9 Å². The van der Waals surface area contributed by atoms with Gasteiger partial charge in [0, 0.05) is 21.5 Å². The second kappa shape index (κ2) is 7.70. The van der Waals surface area contributed by atoms with Crippen LogP contribution < -0.4 is 11.1 Å². The van der Waals surface area contributed by atoms with Crippen LogP contribution in [0.1, 0.15) is 5.56 Å². The molecule has 0 saturated carbocycles. The van der Waals surface area contributed by atoms with Gasteiger partial charge in [0.1, 0.15) is 0 Å². The van der Waals surface area contributed by atoms with E-state index in [1.54, 1.807) is 11.8 Å². The summed E-state index contributed by atoms with van der Waals surface area (Å²) < 4.78 is 0. The highest BCUT2D eigenvalue weighted by atomic mass is 32.2. The molecule has 1 amide bonds. The van der Waals surface area contributed by atoms with Gasteiger partial charge in [-0.1, -0.05) is 5.16 Å². The Morgan fingerprint density at radius 2 is 2.14 bits per heavy atom. The molecule has 0 fully saturated rings. The lowest BCUT2D eigenvalue weighted by molar-refractivity contribution is -0.120. The van der Waals surface area contributed by atoms with E-state index in [9.17, 15) is 4.79 Å². The maximum atomic E-state index is 11.7. The largest absolute Gasteiger partial charge is 0.384 e. The van der Waals surface area contributed by atoms with Gasteiger partial charge in [0.25, 0.3) is 5.91 Å². The number of nitrogens with two attached hydrogens (primary N) is 1. The van der Waals surface area contributed by atoms with Crippen LogP contribution in [0.15, 0.2) is 51.1 Å². The van der Waals surface area contributed by atoms with Crippen molar-refractivity contribution in [2.75, 3.05) is 18.2 Å².